The highest BCUT2D eigenvalue weighted by molar-refractivity contribution is 5.83. The Morgan fingerprint density at radius 2 is 1.89 bits per heavy atom. The Bertz CT molecular complexity index is 1220. The van der Waals surface area contributed by atoms with Crippen LogP contribution in [-0.4, -0.2) is 19.5 Å². The van der Waals surface area contributed by atoms with Crippen LogP contribution in [0.2, 0.25) is 0 Å². The molecule has 28 heavy (non-hydrogen) atoms. The summed E-state index contributed by atoms with van der Waals surface area (Å²) in [5.41, 5.74) is 14.1. The van der Waals surface area contributed by atoms with Crippen LogP contribution in [-0.2, 0) is 12.8 Å². The van der Waals surface area contributed by atoms with Crippen molar-refractivity contribution in [3.8, 4) is 17.1 Å². The largest absolute Gasteiger partial charge is 0.383 e. The highest BCUT2D eigenvalue weighted by atomic mass is 15.1. The van der Waals surface area contributed by atoms with Crippen molar-refractivity contribution in [2.24, 2.45) is 0 Å². The molecule has 1 fully saturated rings. The van der Waals surface area contributed by atoms with E-state index in [9.17, 15) is 0 Å². The van der Waals surface area contributed by atoms with Crippen molar-refractivity contribution in [1.82, 2.24) is 19.5 Å². The molecule has 3 aromatic heterocycles. The monoisotopic (exact) mass is 367 g/mol. The number of hydrogen-bond acceptors (Lipinski definition) is 4. The fraction of sp³-hybridized carbons (Fsp3) is 0.261. The highest BCUT2D eigenvalue weighted by Crippen LogP contribution is 2.41. The molecule has 0 amide bonds. The molecule has 0 bridgehead atoms. The molecule has 0 atom stereocenters. The summed E-state index contributed by atoms with van der Waals surface area (Å²) in [4.78, 5) is 14.1. The van der Waals surface area contributed by atoms with Crippen LogP contribution < -0.4 is 5.73 Å². The van der Waals surface area contributed by atoms with Crippen LogP contribution in [0.25, 0.3) is 28.2 Å². The molecule has 1 aromatic carbocycles. The van der Waals surface area contributed by atoms with E-state index >= 15 is 0 Å². The van der Waals surface area contributed by atoms with E-state index < -0.39 is 0 Å². The number of anilines is 1. The van der Waals surface area contributed by atoms with Gasteiger partial charge in [-0.25, -0.2) is 15.0 Å². The average molecular weight is 367 g/mol. The van der Waals surface area contributed by atoms with Crippen molar-refractivity contribution in [3.63, 3.8) is 0 Å². The molecule has 0 aliphatic heterocycles. The van der Waals surface area contributed by atoms with Gasteiger partial charge >= 0.3 is 0 Å². The highest BCUT2D eigenvalue weighted by Gasteiger charge is 2.26. The standard InChI is InChI=1S/C23H21N5/c24-21-19(5-2-10-25-21)22-27-20-12-17(15-6-7-15)13-26-23(20)28(22)18-9-8-14-3-1-4-16(14)11-18/h2,5,8-13,15H,1,3-4,6-7H2,(H2,24,25). The summed E-state index contributed by atoms with van der Waals surface area (Å²) in [7, 11) is 0. The average Bonchev–Trinajstić information content (AvgIpc) is 3.34. The molecule has 2 aliphatic rings. The molecular formula is C23H21N5. The first-order valence-corrected chi connectivity index (χ1v) is 9.99. The minimum atomic E-state index is 0.489. The van der Waals surface area contributed by atoms with E-state index in [0.29, 0.717) is 11.7 Å². The molecule has 138 valence electrons. The lowest BCUT2D eigenvalue weighted by Gasteiger charge is -2.12. The van der Waals surface area contributed by atoms with Crippen LogP contribution in [0, 0.1) is 0 Å². The maximum Gasteiger partial charge on any atom is 0.164 e. The van der Waals surface area contributed by atoms with Crippen LogP contribution in [0.5, 0.6) is 0 Å². The second-order valence-corrected chi connectivity index (χ2v) is 7.90. The van der Waals surface area contributed by atoms with Crippen LogP contribution >= 0.6 is 0 Å². The molecule has 5 nitrogen and oxygen atoms in total. The Labute approximate surface area is 163 Å². The van der Waals surface area contributed by atoms with E-state index in [1.807, 2.05) is 18.3 Å². The number of fused-ring (bicyclic) bond motifs is 2. The molecule has 0 spiro atoms. The number of nitrogens with two attached hydrogens (primary N) is 1. The lowest BCUT2D eigenvalue weighted by molar-refractivity contribution is 0.911. The molecule has 5 heteroatoms. The third kappa shape index (κ3) is 2.43. The summed E-state index contributed by atoms with van der Waals surface area (Å²) < 4.78 is 2.14. The molecule has 2 N–H and O–H groups in total. The van der Waals surface area contributed by atoms with Crippen LogP contribution in [0.15, 0.2) is 48.8 Å². The third-order valence-electron chi connectivity index (χ3n) is 5.99. The maximum atomic E-state index is 6.21. The number of imidazole rings is 1. The van der Waals surface area contributed by atoms with Gasteiger partial charge in [0.1, 0.15) is 11.3 Å². The molecule has 3 heterocycles. The zero-order valence-corrected chi connectivity index (χ0v) is 15.6. The van der Waals surface area contributed by atoms with Gasteiger partial charge in [-0.2, -0.15) is 0 Å². The van der Waals surface area contributed by atoms with Crippen LogP contribution in [0.3, 0.4) is 0 Å². The van der Waals surface area contributed by atoms with Gasteiger partial charge in [0.15, 0.2) is 11.5 Å². The predicted octanol–water partition coefficient (Wildman–Crippen LogP) is 4.43. The lowest BCUT2D eigenvalue weighted by atomic mass is 10.1. The van der Waals surface area contributed by atoms with Crippen molar-refractivity contribution in [2.45, 2.75) is 38.0 Å². The Morgan fingerprint density at radius 1 is 1.00 bits per heavy atom. The number of nitrogens with zero attached hydrogens (tertiary/aromatic N) is 4. The van der Waals surface area contributed by atoms with Crippen LogP contribution in [0.1, 0.15) is 41.9 Å². The minimum absolute atomic E-state index is 0.489. The lowest BCUT2D eigenvalue weighted by Crippen LogP contribution is -2.02. The summed E-state index contributed by atoms with van der Waals surface area (Å²) in [6, 6.07) is 12.8. The van der Waals surface area contributed by atoms with E-state index in [4.69, 9.17) is 15.7 Å². The fourth-order valence-corrected chi connectivity index (χ4v) is 4.35. The molecule has 0 saturated heterocycles. The minimum Gasteiger partial charge on any atom is -0.383 e. The number of aryl methyl sites for hydroxylation is 2. The van der Waals surface area contributed by atoms with Crippen molar-refractivity contribution in [3.05, 3.63) is 65.5 Å². The summed E-state index contributed by atoms with van der Waals surface area (Å²) in [6.07, 6.45) is 9.77. The normalized spacial score (nSPS) is 15.9. The summed E-state index contributed by atoms with van der Waals surface area (Å²) in [5, 5.41) is 0. The number of aromatic nitrogens is 4. The van der Waals surface area contributed by atoms with E-state index in [2.05, 4.69) is 33.8 Å². The number of pyridine rings is 2. The van der Waals surface area contributed by atoms with Gasteiger partial charge in [0.2, 0.25) is 0 Å². The number of hydrogen-bond donors (Lipinski definition) is 1. The van der Waals surface area contributed by atoms with Gasteiger partial charge in [-0.1, -0.05) is 6.07 Å². The molecule has 2 aliphatic carbocycles. The molecule has 0 radical (unpaired) electrons. The van der Waals surface area contributed by atoms with Crippen molar-refractivity contribution >= 4 is 17.0 Å². The first kappa shape index (κ1) is 15.8. The van der Waals surface area contributed by atoms with Gasteiger partial charge in [-0.3, -0.25) is 4.57 Å². The SMILES string of the molecule is Nc1ncccc1-c1nc2cc(C3CC3)cnc2n1-c1ccc2c(c1)CCC2. The molecule has 6 rings (SSSR count). The number of benzene rings is 1. The Morgan fingerprint density at radius 3 is 2.75 bits per heavy atom. The maximum absolute atomic E-state index is 6.21. The molecule has 0 unspecified atom stereocenters. The van der Waals surface area contributed by atoms with Gasteiger partial charge in [-0.05, 0) is 85.0 Å². The smallest absolute Gasteiger partial charge is 0.164 e. The van der Waals surface area contributed by atoms with Gasteiger partial charge in [0.25, 0.3) is 0 Å². The first-order valence-electron chi connectivity index (χ1n) is 9.99. The quantitative estimate of drug-likeness (QED) is 0.581. The van der Waals surface area contributed by atoms with Crippen molar-refractivity contribution < 1.29 is 0 Å². The number of nitrogen functional groups attached to an aromatic ring is 1. The second kappa shape index (κ2) is 5.89. The van der Waals surface area contributed by atoms with E-state index in [0.717, 1.165) is 34.7 Å². The van der Waals surface area contributed by atoms with Crippen molar-refractivity contribution in [1.29, 1.82) is 0 Å². The zero-order chi connectivity index (χ0) is 18.7. The topological polar surface area (TPSA) is 69.6 Å². The Balaban J connectivity index is 1.62. The van der Waals surface area contributed by atoms with Crippen LogP contribution in [0.4, 0.5) is 5.82 Å². The van der Waals surface area contributed by atoms with E-state index in [1.165, 1.54) is 42.4 Å². The van der Waals surface area contributed by atoms with Gasteiger partial charge in [0.05, 0.1) is 5.56 Å². The van der Waals surface area contributed by atoms with E-state index in [1.54, 1.807) is 6.20 Å². The molecule has 1 saturated carbocycles. The van der Waals surface area contributed by atoms with Gasteiger partial charge < -0.3 is 5.73 Å². The summed E-state index contributed by atoms with van der Waals surface area (Å²) in [5.74, 6) is 1.94. The Kier molecular flexibility index (Phi) is 3.33. The Hall–Kier alpha value is -3.21. The third-order valence-corrected chi connectivity index (χ3v) is 5.99. The summed E-state index contributed by atoms with van der Waals surface area (Å²) in [6.45, 7) is 0. The summed E-state index contributed by atoms with van der Waals surface area (Å²) >= 11 is 0. The van der Waals surface area contributed by atoms with Gasteiger partial charge in [0, 0.05) is 18.1 Å². The first-order chi connectivity index (χ1) is 13.8. The van der Waals surface area contributed by atoms with Gasteiger partial charge in [-0.15, -0.1) is 0 Å². The van der Waals surface area contributed by atoms with Crippen molar-refractivity contribution in [2.75, 3.05) is 5.73 Å². The predicted molar refractivity (Wildman–Crippen MR) is 111 cm³/mol. The molecule has 4 aromatic rings. The zero-order valence-electron chi connectivity index (χ0n) is 15.6. The number of rotatable bonds is 3. The molecular weight excluding hydrogens is 346 g/mol. The second-order valence-electron chi connectivity index (χ2n) is 7.90. The fourth-order valence-electron chi connectivity index (χ4n) is 4.35. The van der Waals surface area contributed by atoms with E-state index in [-0.39, 0.29) is 0 Å².